The van der Waals surface area contributed by atoms with Gasteiger partial charge in [-0.1, -0.05) is 31.2 Å². The summed E-state index contributed by atoms with van der Waals surface area (Å²) in [6.45, 7) is 1.76. The van der Waals surface area contributed by atoms with Crippen LogP contribution >= 0.6 is 15.9 Å². The molecule has 5 heteroatoms. The van der Waals surface area contributed by atoms with Gasteiger partial charge in [0.05, 0.1) is 17.1 Å². The van der Waals surface area contributed by atoms with E-state index in [1.54, 1.807) is 37.4 Å². The maximum atomic E-state index is 12.0. The van der Waals surface area contributed by atoms with E-state index in [4.69, 9.17) is 9.47 Å². The minimum Gasteiger partial charge on any atom is -0.496 e. The number of aryl methyl sites for hydroxylation is 1. The molecule has 0 unspecified atom stereocenters. The number of carbonyl (C=O) groups excluding carboxylic acids is 2. The van der Waals surface area contributed by atoms with Crippen molar-refractivity contribution in [2.75, 3.05) is 13.7 Å². The lowest BCUT2D eigenvalue weighted by Crippen LogP contribution is -2.14. The minimum atomic E-state index is -0.549. The van der Waals surface area contributed by atoms with Crippen molar-refractivity contribution in [3.63, 3.8) is 0 Å². The van der Waals surface area contributed by atoms with E-state index in [0.717, 1.165) is 12.0 Å². The van der Waals surface area contributed by atoms with Gasteiger partial charge in [0.15, 0.2) is 12.4 Å². The molecular formula is C18H17BrO4. The fourth-order valence-electron chi connectivity index (χ4n) is 2.02. The van der Waals surface area contributed by atoms with Gasteiger partial charge >= 0.3 is 5.97 Å². The van der Waals surface area contributed by atoms with Gasteiger partial charge in [-0.05, 0) is 46.1 Å². The van der Waals surface area contributed by atoms with Crippen molar-refractivity contribution < 1.29 is 19.1 Å². The van der Waals surface area contributed by atoms with E-state index in [-0.39, 0.29) is 12.4 Å². The Balaban J connectivity index is 1.97. The molecule has 0 bridgehead atoms. The van der Waals surface area contributed by atoms with E-state index < -0.39 is 5.97 Å². The molecule has 0 aromatic heterocycles. The summed E-state index contributed by atoms with van der Waals surface area (Å²) in [5, 5.41) is 0. The van der Waals surface area contributed by atoms with Gasteiger partial charge in [0.2, 0.25) is 0 Å². The molecule has 0 saturated carbocycles. The molecule has 23 heavy (non-hydrogen) atoms. The first-order valence-electron chi connectivity index (χ1n) is 7.18. The summed E-state index contributed by atoms with van der Waals surface area (Å²) in [7, 11) is 1.54. The maximum absolute atomic E-state index is 12.0. The van der Waals surface area contributed by atoms with Crippen molar-refractivity contribution >= 4 is 27.7 Å². The minimum absolute atomic E-state index is 0.228. The molecule has 0 aliphatic carbocycles. The fraction of sp³-hybridized carbons (Fsp3) is 0.222. The number of Topliss-reactive ketones (excluding diaryl/α,β-unsaturated/α-hetero) is 1. The van der Waals surface area contributed by atoms with Crippen molar-refractivity contribution in [2.45, 2.75) is 13.3 Å². The number of halogens is 1. The van der Waals surface area contributed by atoms with Gasteiger partial charge in [0.1, 0.15) is 5.75 Å². The second-order valence-corrected chi connectivity index (χ2v) is 5.75. The quantitative estimate of drug-likeness (QED) is 0.563. The molecule has 0 spiro atoms. The molecule has 2 aromatic carbocycles. The number of hydrogen-bond donors (Lipinski definition) is 0. The number of methoxy groups -OCH3 is 1. The highest BCUT2D eigenvalue weighted by molar-refractivity contribution is 9.10. The third-order valence-corrected chi connectivity index (χ3v) is 4.03. The van der Waals surface area contributed by atoms with Crippen LogP contribution < -0.4 is 4.74 Å². The molecule has 0 saturated heterocycles. The zero-order valence-corrected chi connectivity index (χ0v) is 14.6. The van der Waals surface area contributed by atoms with E-state index in [9.17, 15) is 9.59 Å². The monoisotopic (exact) mass is 376 g/mol. The summed E-state index contributed by atoms with van der Waals surface area (Å²) in [5.41, 5.74) is 2.04. The lowest BCUT2D eigenvalue weighted by Gasteiger charge is -2.07. The van der Waals surface area contributed by atoms with Gasteiger partial charge in [-0.15, -0.1) is 0 Å². The van der Waals surface area contributed by atoms with Crippen LogP contribution in [0.25, 0.3) is 0 Å². The predicted octanol–water partition coefficient (Wildman–Crippen LogP) is 4.06. The zero-order chi connectivity index (χ0) is 16.8. The van der Waals surface area contributed by atoms with Crippen LogP contribution in [0.15, 0.2) is 46.9 Å². The van der Waals surface area contributed by atoms with Gasteiger partial charge in [0.25, 0.3) is 0 Å². The van der Waals surface area contributed by atoms with E-state index in [1.807, 2.05) is 19.1 Å². The Hall–Kier alpha value is -2.14. The summed E-state index contributed by atoms with van der Waals surface area (Å²) in [4.78, 5) is 24.0. The van der Waals surface area contributed by atoms with Gasteiger partial charge in [-0.2, -0.15) is 0 Å². The van der Waals surface area contributed by atoms with Crippen LogP contribution in [0.1, 0.15) is 33.2 Å². The van der Waals surface area contributed by atoms with Gasteiger partial charge < -0.3 is 9.47 Å². The molecule has 2 rings (SSSR count). The topological polar surface area (TPSA) is 52.6 Å². The molecule has 0 amide bonds. The number of ketones is 1. The Morgan fingerprint density at radius 1 is 1.04 bits per heavy atom. The number of ether oxygens (including phenoxy) is 2. The second-order valence-electron chi connectivity index (χ2n) is 4.90. The lowest BCUT2D eigenvalue weighted by molar-refractivity contribution is 0.0474. The van der Waals surface area contributed by atoms with Crippen molar-refractivity contribution in [2.24, 2.45) is 0 Å². The molecule has 4 nitrogen and oxygen atoms in total. The van der Waals surface area contributed by atoms with Crippen molar-refractivity contribution in [3.05, 3.63) is 63.6 Å². The van der Waals surface area contributed by atoms with Crippen LogP contribution in [0.5, 0.6) is 5.75 Å². The van der Waals surface area contributed by atoms with Gasteiger partial charge in [-0.3, -0.25) is 4.79 Å². The van der Waals surface area contributed by atoms with Crippen molar-refractivity contribution in [1.29, 1.82) is 0 Å². The molecule has 0 aliphatic rings. The van der Waals surface area contributed by atoms with Gasteiger partial charge in [0, 0.05) is 5.56 Å². The highest BCUT2D eigenvalue weighted by Crippen LogP contribution is 2.25. The normalized spacial score (nSPS) is 10.2. The SMILES string of the molecule is CCc1ccc(C(=O)COC(=O)c2ccc(OC)c(Br)c2)cc1. The third-order valence-electron chi connectivity index (χ3n) is 3.41. The molecule has 0 aliphatic heterocycles. The number of rotatable bonds is 6. The number of benzene rings is 2. The second kappa shape index (κ2) is 7.92. The van der Waals surface area contributed by atoms with Crippen LogP contribution in [-0.4, -0.2) is 25.5 Å². The number of carbonyl (C=O) groups is 2. The molecule has 0 heterocycles. The van der Waals surface area contributed by atoms with E-state index >= 15 is 0 Å². The maximum Gasteiger partial charge on any atom is 0.338 e. The van der Waals surface area contributed by atoms with Gasteiger partial charge in [-0.25, -0.2) is 4.79 Å². The molecule has 2 aromatic rings. The van der Waals surface area contributed by atoms with Crippen LogP contribution in [0, 0.1) is 0 Å². The van der Waals surface area contributed by atoms with E-state index in [0.29, 0.717) is 21.3 Å². The molecular weight excluding hydrogens is 360 g/mol. The lowest BCUT2D eigenvalue weighted by atomic mass is 10.1. The van der Waals surface area contributed by atoms with Crippen LogP contribution in [0.2, 0.25) is 0 Å². The van der Waals surface area contributed by atoms with E-state index in [2.05, 4.69) is 15.9 Å². The largest absolute Gasteiger partial charge is 0.496 e. The fourth-order valence-corrected chi connectivity index (χ4v) is 2.56. The number of hydrogen-bond acceptors (Lipinski definition) is 4. The Labute approximate surface area is 143 Å². The summed E-state index contributed by atoms with van der Waals surface area (Å²) in [6.07, 6.45) is 0.913. The highest BCUT2D eigenvalue weighted by atomic mass is 79.9. The van der Waals surface area contributed by atoms with Crippen molar-refractivity contribution in [1.82, 2.24) is 0 Å². The van der Waals surface area contributed by atoms with Crippen LogP contribution in [0.4, 0.5) is 0 Å². The Morgan fingerprint density at radius 3 is 2.26 bits per heavy atom. The summed E-state index contributed by atoms with van der Waals surface area (Å²) < 4.78 is 10.8. The number of esters is 1. The summed E-state index contributed by atoms with van der Waals surface area (Å²) >= 11 is 3.31. The Kier molecular flexibility index (Phi) is 5.93. The molecule has 0 fully saturated rings. The average Bonchev–Trinajstić information content (AvgIpc) is 2.59. The summed E-state index contributed by atoms with van der Waals surface area (Å²) in [5.74, 6) is -0.158. The summed E-state index contributed by atoms with van der Waals surface area (Å²) in [6, 6.07) is 12.1. The average molecular weight is 377 g/mol. The molecule has 0 radical (unpaired) electrons. The Bertz CT molecular complexity index is 707. The van der Waals surface area contributed by atoms with Crippen LogP contribution in [-0.2, 0) is 11.2 Å². The molecule has 120 valence electrons. The zero-order valence-electron chi connectivity index (χ0n) is 13.0. The van der Waals surface area contributed by atoms with Crippen molar-refractivity contribution in [3.8, 4) is 5.75 Å². The smallest absolute Gasteiger partial charge is 0.338 e. The van der Waals surface area contributed by atoms with E-state index in [1.165, 1.54) is 0 Å². The first-order valence-corrected chi connectivity index (χ1v) is 7.97. The predicted molar refractivity (Wildman–Crippen MR) is 91.1 cm³/mol. The molecule has 0 atom stereocenters. The first-order chi connectivity index (χ1) is 11.0. The first kappa shape index (κ1) is 17.2. The third kappa shape index (κ3) is 4.42. The van der Waals surface area contributed by atoms with Crippen LogP contribution in [0.3, 0.4) is 0 Å². The Morgan fingerprint density at radius 2 is 1.70 bits per heavy atom. The highest BCUT2D eigenvalue weighted by Gasteiger charge is 2.13. The standard InChI is InChI=1S/C18H17BrO4/c1-3-12-4-6-13(7-5-12)16(20)11-23-18(21)14-8-9-17(22-2)15(19)10-14/h4-10H,3,11H2,1-2H3. The molecule has 0 N–H and O–H groups in total.